The van der Waals surface area contributed by atoms with Gasteiger partial charge in [0.1, 0.15) is 12.0 Å². The van der Waals surface area contributed by atoms with E-state index in [9.17, 15) is 9.90 Å². The quantitative estimate of drug-likeness (QED) is 0.440. The molecule has 1 rings (SSSR count). The lowest BCUT2D eigenvalue weighted by molar-refractivity contribution is 0.112. The van der Waals surface area contributed by atoms with Crippen molar-refractivity contribution in [2.75, 3.05) is 13.6 Å². The Morgan fingerprint density at radius 1 is 1.53 bits per heavy atom. The van der Waals surface area contributed by atoms with E-state index < -0.39 is 0 Å². The number of benzene rings is 1. The Labute approximate surface area is 89.1 Å². The van der Waals surface area contributed by atoms with E-state index >= 15 is 0 Å². The largest absolute Gasteiger partial charge is 0.507 e. The molecule has 0 radical (unpaired) electrons. The molecular formula is C12H13NO2. The number of aldehydes is 1. The fourth-order valence-corrected chi connectivity index (χ4v) is 1.07. The molecule has 3 heteroatoms. The number of rotatable bonds is 3. The maximum Gasteiger partial charge on any atom is 0.150 e. The number of nitrogens with one attached hydrogen (secondary N) is 1. The zero-order valence-corrected chi connectivity index (χ0v) is 8.58. The van der Waals surface area contributed by atoms with Crippen LogP contribution in [0.4, 0.5) is 0 Å². The molecule has 1 aromatic carbocycles. The predicted molar refractivity (Wildman–Crippen MR) is 58.9 cm³/mol. The van der Waals surface area contributed by atoms with Gasteiger partial charge >= 0.3 is 0 Å². The summed E-state index contributed by atoms with van der Waals surface area (Å²) < 4.78 is 0. The molecule has 0 saturated heterocycles. The molecule has 0 aliphatic carbocycles. The molecule has 0 fully saturated rings. The second kappa shape index (κ2) is 5.84. The monoisotopic (exact) mass is 203 g/mol. The number of phenolic OH excluding ortho intramolecular Hbond substituents is 1. The summed E-state index contributed by atoms with van der Waals surface area (Å²) in [7, 11) is 1.85. The minimum Gasteiger partial charge on any atom is -0.507 e. The highest BCUT2D eigenvalue weighted by atomic mass is 16.3. The van der Waals surface area contributed by atoms with Crippen molar-refractivity contribution in [3.05, 3.63) is 29.3 Å². The van der Waals surface area contributed by atoms with Crippen LogP contribution in [0.1, 0.15) is 22.3 Å². The third kappa shape index (κ3) is 3.45. The van der Waals surface area contributed by atoms with Crippen molar-refractivity contribution in [1.29, 1.82) is 0 Å². The molecule has 0 saturated carbocycles. The Morgan fingerprint density at radius 2 is 2.33 bits per heavy atom. The Balaban J connectivity index is 2.81. The Hall–Kier alpha value is -1.79. The van der Waals surface area contributed by atoms with Crippen molar-refractivity contribution in [1.82, 2.24) is 5.32 Å². The summed E-state index contributed by atoms with van der Waals surface area (Å²) >= 11 is 0. The lowest BCUT2D eigenvalue weighted by Crippen LogP contribution is -2.05. The summed E-state index contributed by atoms with van der Waals surface area (Å²) in [6, 6.07) is 4.61. The van der Waals surface area contributed by atoms with Gasteiger partial charge in [-0.05, 0) is 25.2 Å². The number of carbonyl (C=O) groups excluding carboxylic acids is 1. The van der Waals surface area contributed by atoms with Gasteiger partial charge in [-0.25, -0.2) is 0 Å². The summed E-state index contributed by atoms with van der Waals surface area (Å²) in [4.78, 5) is 10.5. The summed E-state index contributed by atoms with van der Waals surface area (Å²) in [5.74, 6) is 5.84. The topological polar surface area (TPSA) is 49.3 Å². The van der Waals surface area contributed by atoms with Crippen molar-refractivity contribution < 1.29 is 9.90 Å². The van der Waals surface area contributed by atoms with E-state index in [0.717, 1.165) is 12.8 Å². The van der Waals surface area contributed by atoms with E-state index in [0.29, 0.717) is 17.5 Å². The average Bonchev–Trinajstić information content (AvgIpc) is 2.26. The number of aromatic hydroxyl groups is 1. The Kier molecular flexibility index (Phi) is 4.39. The fourth-order valence-electron chi connectivity index (χ4n) is 1.07. The van der Waals surface area contributed by atoms with Crippen LogP contribution in [-0.4, -0.2) is 25.0 Å². The Morgan fingerprint density at radius 3 is 3.00 bits per heavy atom. The van der Waals surface area contributed by atoms with Gasteiger partial charge in [-0.2, -0.15) is 0 Å². The van der Waals surface area contributed by atoms with Crippen molar-refractivity contribution in [3.63, 3.8) is 0 Å². The summed E-state index contributed by atoms with van der Waals surface area (Å²) in [6.45, 7) is 0.807. The van der Waals surface area contributed by atoms with Crippen LogP contribution in [0.2, 0.25) is 0 Å². The van der Waals surface area contributed by atoms with Gasteiger partial charge in [-0.3, -0.25) is 4.79 Å². The van der Waals surface area contributed by atoms with Crippen molar-refractivity contribution >= 4 is 6.29 Å². The average molecular weight is 203 g/mol. The van der Waals surface area contributed by atoms with Gasteiger partial charge in [0.05, 0.1) is 5.56 Å². The normalized spacial score (nSPS) is 9.13. The number of hydrogen-bond donors (Lipinski definition) is 2. The smallest absolute Gasteiger partial charge is 0.150 e. The first-order chi connectivity index (χ1) is 7.27. The lowest BCUT2D eigenvalue weighted by atomic mass is 10.1. The van der Waals surface area contributed by atoms with Gasteiger partial charge in [-0.1, -0.05) is 11.8 Å². The molecule has 78 valence electrons. The SMILES string of the molecule is CNCCC#Cc1cc(C=O)ccc1O. The van der Waals surface area contributed by atoms with Crippen LogP contribution in [0.5, 0.6) is 5.75 Å². The second-order valence-corrected chi connectivity index (χ2v) is 3.05. The van der Waals surface area contributed by atoms with E-state index in [4.69, 9.17) is 0 Å². The van der Waals surface area contributed by atoms with Crippen LogP contribution >= 0.6 is 0 Å². The molecule has 0 spiro atoms. The molecule has 2 N–H and O–H groups in total. The molecule has 15 heavy (non-hydrogen) atoms. The van der Waals surface area contributed by atoms with E-state index in [-0.39, 0.29) is 5.75 Å². The van der Waals surface area contributed by atoms with Gasteiger partial charge in [0.2, 0.25) is 0 Å². The first-order valence-electron chi connectivity index (χ1n) is 4.69. The van der Waals surface area contributed by atoms with E-state index in [1.165, 1.54) is 6.07 Å². The van der Waals surface area contributed by atoms with Crippen LogP contribution in [0, 0.1) is 11.8 Å². The summed E-state index contributed by atoms with van der Waals surface area (Å²) in [6.07, 6.45) is 1.44. The van der Waals surface area contributed by atoms with Crippen LogP contribution in [0.3, 0.4) is 0 Å². The molecule has 0 aromatic heterocycles. The van der Waals surface area contributed by atoms with Gasteiger partial charge in [0, 0.05) is 18.5 Å². The zero-order chi connectivity index (χ0) is 11.1. The van der Waals surface area contributed by atoms with Gasteiger partial charge in [0.15, 0.2) is 0 Å². The van der Waals surface area contributed by atoms with Crippen LogP contribution in [-0.2, 0) is 0 Å². The lowest BCUT2D eigenvalue weighted by Gasteiger charge is -1.97. The predicted octanol–water partition coefficient (Wildman–Crippen LogP) is 1.17. The molecule has 0 atom stereocenters. The maximum atomic E-state index is 10.5. The third-order valence-electron chi connectivity index (χ3n) is 1.88. The van der Waals surface area contributed by atoms with Crippen LogP contribution in [0.15, 0.2) is 18.2 Å². The first-order valence-corrected chi connectivity index (χ1v) is 4.69. The zero-order valence-electron chi connectivity index (χ0n) is 8.58. The molecule has 1 aromatic rings. The van der Waals surface area contributed by atoms with E-state index in [1.54, 1.807) is 12.1 Å². The Bertz CT molecular complexity index is 402. The van der Waals surface area contributed by atoms with E-state index in [2.05, 4.69) is 17.2 Å². The standard InChI is InChI=1S/C12H13NO2/c1-13-7-3-2-4-11-8-10(9-14)5-6-12(11)15/h5-6,8-9,13,15H,3,7H2,1H3. The number of carbonyl (C=O) groups is 1. The fraction of sp³-hybridized carbons (Fsp3) is 0.250. The molecule has 0 amide bonds. The van der Waals surface area contributed by atoms with Crippen LogP contribution in [0.25, 0.3) is 0 Å². The number of phenols is 1. The van der Waals surface area contributed by atoms with Gasteiger partial charge < -0.3 is 10.4 Å². The van der Waals surface area contributed by atoms with Gasteiger partial charge in [-0.15, -0.1) is 0 Å². The highest BCUT2D eigenvalue weighted by Gasteiger charge is 1.98. The van der Waals surface area contributed by atoms with E-state index in [1.807, 2.05) is 7.05 Å². The minimum atomic E-state index is 0.109. The maximum absolute atomic E-state index is 10.5. The van der Waals surface area contributed by atoms with Gasteiger partial charge in [0.25, 0.3) is 0 Å². The highest BCUT2D eigenvalue weighted by molar-refractivity contribution is 5.76. The third-order valence-corrected chi connectivity index (χ3v) is 1.88. The van der Waals surface area contributed by atoms with Crippen molar-refractivity contribution in [2.45, 2.75) is 6.42 Å². The number of hydrogen-bond acceptors (Lipinski definition) is 3. The molecular weight excluding hydrogens is 190 g/mol. The van der Waals surface area contributed by atoms with Crippen molar-refractivity contribution in [2.24, 2.45) is 0 Å². The van der Waals surface area contributed by atoms with Crippen LogP contribution < -0.4 is 5.32 Å². The first kappa shape index (κ1) is 11.3. The second-order valence-electron chi connectivity index (χ2n) is 3.05. The minimum absolute atomic E-state index is 0.109. The molecule has 3 nitrogen and oxygen atoms in total. The highest BCUT2D eigenvalue weighted by Crippen LogP contribution is 2.16. The molecule has 0 bridgehead atoms. The molecule has 0 unspecified atom stereocenters. The summed E-state index contributed by atoms with van der Waals surface area (Å²) in [5.41, 5.74) is 1.02. The summed E-state index contributed by atoms with van der Waals surface area (Å²) in [5, 5.41) is 12.4. The molecule has 0 aliphatic rings. The molecule has 0 aliphatic heterocycles. The van der Waals surface area contributed by atoms with Crippen molar-refractivity contribution in [3.8, 4) is 17.6 Å². The molecule has 0 heterocycles.